The maximum atomic E-state index is 12.5. The van der Waals surface area contributed by atoms with E-state index in [4.69, 9.17) is 9.47 Å². The SMILES string of the molecule is Cc1ccc([N+](=O)[O-])cc1NC(=O)NC1CC(=O)N(c2ccc3c(c2)OCCO3)C1. The number of benzene rings is 2. The van der Waals surface area contributed by atoms with Crippen molar-refractivity contribution < 1.29 is 24.0 Å². The summed E-state index contributed by atoms with van der Waals surface area (Å²) in [6.07, 6.45) is 0.149. The fraction of sp³-hybridized carbons (Fsp3) is 0.300. The van der Waals surface area contributed by atoms with Crippen LogP contribution in [-0.2, 0) is 4.79 Å². The zero-order valence-electron chi connectivity index (χ0n) is 16.2. The number of nitro groups is 1. The third-order valence-corrected chi connectivity index (χ3v) is 4.98. The number of carbonyl (C=O) groups excluding carboxylic acids is 2. The first-order chi connectivity index (χ1) is 14.4. The van der Waals surface area contributed by atoms with Gasteiger partial charge in [-0.2, -0.15) is 0 Å². The van der Waals surface area contributed by atoms with E-state index < -0.39 is 17.0 Å². The number of rotatable bonds is 4. The van der Waals surface area contributed by atoms with Gasteiger partial charge in [0, 0.05) is 36.9 Å². The van der Waals surface area contributed by atoms with Crippen LogP contribution in [0.5, 0.6) is 11.5 Å². The molecule has 10 heteroatoms. The van der Waals surface area contributed by atoms with Crippen LogP contribution in [-0.4, -0.2) is 42.7 Å². The van der Waals surface area contributed by atoms with Gasteiger partial charge in [-0.3, -0.25) is 14.9 Å². The van der Waals surface area contributed by atoms with Crippen molar-refractivity contribution >= 4 is 29.0 Å². The number of non-ortho nitro benzene ring substituents is 1. The van der Waals surface area contributed by atoms with Crippen LogP contribution in [0.1, 0.15) is 12.0 Å². The molecular formula is C20H20N4O6. The first kappa shape index (κ1) is 19.5. The van der Waals surface area contributed by atoms with Gasteiger partial charge in [-0.15, -0.1) is 0 Å². The molecule has 1 fully saturated rings. The number of anilines is 2. The van der Waals surface area contributed by atoms with Crippen molar-refractivity contribution in [3.63, 3.8) is 0 Å². The Kier molecular flexibility index (Phi) is 5.13. The Bertz CT molecular complexity index is 1020. The predicted octanol–water partition coefficient (Wildman–Crippen LogP) is 2.60. The van der Waals surface area contributed by atoms with E-state index in [-0.39, 0.29) is 18.0 Å². The van der Waals surface area contributed by atoms with Gasteiger partial charge in [-0.05, 0) is 24.6 Å². The molecule has 0 radical (unpaired) electrons. The van der Waals surface area contributed by atoms with E-state index in [0.29, 0.717) is 48.2 Å². The molecule has 0 spiro atoms. The highest BCUT2D eigenvalue weighted by molar-refractivity contribution is 5.98. The van der Waals surface area contributed by atoms with Crippen LogP contribution in [0.2, 0.25) is 0 Å². The van der Waals surface area contributed by atoms with Gasteiger partial charge in [0.2, 0.25) is 5.91 Å². The topological polar surface area (TPSA) is 123 Å². The molecule has 2 aromatic carbocycles. The van der Waals surface area contributed by atoms with Crippen LogP contribution in [0, 0.1) is 17.0 Å². The summed E-state index contributed by atoms with van der Waals surface area (Å²) in [5.74, 6) is 1.10. The largest absolute Gasteiger partial charge is 0.486 e. The van der Waals surface area contributed by atoms with Crippen LogP contribution < -0.4 is 25.0 Å². The first-order valence-electron chi connectivity index (χ1n) is 9.43. The van der Waals surface area contributed by atoms with Crippen LogP contribution in [0.4, 0.5) is 21.9 Å². The minimum atomic E-state index is -0.527. The number of carbonyl (C=O) groups is 2. The lowest BCUT2D eigenvalue weighted by Crippen LogP contribution is -2.39. The molecule has 2 aliphatic heterocycles. The van der Waals surface area contributed by atoms with Crippen LogP contribution in [0.3, 0.4) is 0 Å². The molecule has 1 saturated heterocycles. The number of hydrogen-bond donors (Lipinski definition) is 2. The summed E-state index contributed by atoms with van der Waals surface area (Å²) >= 11 is 0. The molecule has 2 aromatic rings. The average molecular weight is 412 g/mol. The summed E-state index contributed by atoms with van der Waals surface area (Å²) < 4.78 is 11.1. The highest BCUT2D eigenvalue weighted by atomic mass is 16.6. The lowest BCUT2D eigenvalue weighted by atomic mass is 10.2. The van der Waals surface area contributed by atoms with E-state index >= 15 is 0 Å². The number of urea groups is 1. The lowest BCUT2D eigenvalue weighted by molar-refractivity contribution is -0.384. The summed E-state index contributed by atoms with van der Waals surface area (Å²) in [6, 6.07) is 8.61. The number of nitro benzene ring substituents is 1. The molecule has 0 aliphatic carbocycles. The minimum absolute atomic E-state index is 0.114. The number of fused-ring (bicyclic) bond motifs is 1. The van der Waals surface area contributed by atoms with E-state index in [2.05, 4.69) is 10.6 Å². The molecule has 30 heavy (non-hydrogen) atoms. The van der Waals surface area contributed by atoms with Crippen molar-refractivity contribution in [1.82, 2.24) is 5.32 Å². The Morgan fingerprint density at radius 2 is 1.93 bits per heavy atom. The molecule has 2 heterocycles. The Labute approximate surface area is 171 Å². The number of ether oxygens (including phenoxy) is 2. The Morgan fingerprint density at radius 3 is 2.70 bits per heavy atom. The van der Waals surface area contributed by atoms with Crippen molar-refractivity contribution in [3.05, 3.63) is 52.1 Å². The van der Waals surface area contributed by atoms with Gasteiger partial charge in [0.15, 0.2) is 11.5 Å². The third kappa shape index (κ3) is 3.97. The molecule has 3 amide bonds. The van der Waals surface area contributed by atoms with E-state index in [1.807, 2.05) is 0 Å². The number of amides is 3. The highest BCUT2D eigenvalue weighted by Crippen LogP contribution is 2.35. The lowest BCUT2D eigenvalue weighted by Gasteiger charge is -2.22. The van der Waals surface area contributed by atoms with Gasteiger partial charge in [0.05, 0.1) is 16.7 Å². The van der Waals surface area contributed by atoms with Crippen molar-refractivity contribution in [3.8, 4) is 11.5 Å². The molecule has 1 atom stereocenters. The molecule has 0 aromatic heterocycles. The molecule has 0 bridgehead atoms. The zero-order chi connectivity index (χ0) is 21.3. The van der Waals surface area contributed by atoms with E-state index in [0.717, 1.165) is 0 Å². The smallest absolute Gasteiger partial charge is 0.319 e. The van der Waals surface area contributed by atoms with Crippen molar-refractivity contribution in [2.24, 2.45) is 0 Å². The van der Waals surface area contributed by atoms with Gasteiger partial charge in [-0.1, -0.05) is 6.07 Å². The molecule has 2 N–H and O–H groups in total. The maximum absolute atomic E-state index is 12.5. The van der Waals surface area contributed by atoms with E-state index in [1.165, 1.54) is 12.1 Å². The quantitative estimate of drug-likeness (QED) is 0.588. The zero-order valence-corrected chi connectivity index (χ0v) is 16.2. The normalized spacial score (nSPS) is 17.6. The summed E-state index contributed by atoms with van der Waals surface area (Å²) in [5, 5.41) is 16.3. The van der Waals surface area contributed by atoms with Gasteiger partial charge in [0.25, 0.3) is 5.69 Å². The fourth-order valence-electron chi connectivity index (χ4n) is 3.46. The van der Waals surface area contributed by atoms with Crippen LogP contribution in [0.25, 0.3) is 0 Å². The Hall–Kier alpha value is -3.82. The fourth-order valence-corrected chi connectivity index (χ4v) is 3.46. The number of nitrogens with one attached hydrogen (secondary N) is 2. The van der Waals surface area contributed by atoms with E-state index in [9.17, 15) is 19.7 Å². The van der Waals surface area contributed by atoms with E-state index in [1.54, 1.807) is 36.1 Å². The summed E-state index contributed by atoms with van der Waals surface area (Å²) in [6.45, 7) is 2.98. The molecule has 1 unspecified atom stereocenters. The predicted molar refractivity (Wildman–Crippen MR) is 108 cm³/mol. The average Bonchev–Trinajstić information content (AvgIpc) is 3.08. The summed E-state index contributed by atoms with van der Waals surface area (Å²) in [5.41, 5.74) is 1.59. The maximum Gasteiger partial charge on any atom is 0.319 e. The van der Waals surface area contributed by atoms with Gasteiger partial charge < -0.3 is 25.0 Å². The second-order valence-electron chi connectivity index (χ2n) is 7.09. The molecule has 4 rings (SSSR count). The number of nitrogens with zero attached hydrogens (tertiary/aromatic N) is 2. The second-order valence-corrected chi connectivity index (χ2v) is 7.09. The molecular weight excluding hydrogens is 392 g/mol. The molecule has 2 aliphatic rings. The molecule has 10 nitrogen and oxygen atoms in total. The number of hydrogen-bond acceptors (Lipinski definition) is 6. The first-order valence-corrected chi connectivity index (χ1v) is 9.43. The van der Waals surface area contributed by atoms with Crippen molar-refractivity contribution in [2.75, 3.05) is 30.0 Å². The van der Waals surface area contributed by atoms with Gasteiger partial charge >= 0.3 is 6.03 Å². The third-order valence-electron chi connectivity index (χ3n) is 4.98. The minimum Gasteiger partial charge on any atom is -0.486 e. The monoisotopic (exact) mass is 412 g/mol. The Balaban J connectivity index is 1.41. The molecule has 0 saturated carbocycles. The van der Waals surface area contributed by atoms with Gasteiger partial charge in [-0.25, -0.2) is 4.79 Å². The van der Waals surface area contributed by atoms with Crippen LogP contribution in [0.15, 0.2) is 36.4 Å². The second kappa shape index (κ2) is 7.90. The van der Waals surface area contributed by atoms with Gasteiger partial charge in [0.1, 0.15) is 13.2 Å². The van der Waals surface area contributed by atoms with Crippen molar-refractivity contribution in [1.29, 1.82) is 0 Å². The molecule has 156 valence electrons. The standard InChI is InChI=1S/C20H20N4O6/c1-12-2-3-15(24(27)28)9-16(12)22-20(26)21-13-8-19(25)23(11-13)14-4-5-17-18(10-14)30-7-6-29-17/h2-5,9-10,13H,6-8,11H2,1H3,(H2,21,22,26). The van der Waals surface area contributed by atoms with Crippen molar-refractivity contribution in [2.45, 2.75) is 19.4 Å². The Morgan fingerprint density at radius 1 is 1.17 bits per heavy atom. The highest BCUT2D eigenvalue weighted by Gasteiger charge is 2.32. The number of aryl methyl sites for hydroxylation is 1. The van der Waals surface area contributed by atoms with Crippen LogP contribution >= 0.6 is 0 Å². The summed E-state index contributed by atoms with van der Waals surface area (Å²) in [7, 11) is 0. The summed E-state index contributed by atoms with van der Waals surface area (Å²) in [4.78, 5) is 36.9.